The van der Waals surface area contributed by atoms with Crippen LogP contribution in [0, 0.1) is 0 Å². The third kappa shape index (κ3) is 5.71. The summed E-state index contributed by atoms with van der Waals surface area (Å²) in [6, 6.07) is 37.9. The summed E-state index contributed by atoms with van der Waals surface area (Å²) in [5, 5.41) is 10.6. The summed E-state index contributed by atoms with van der Waals surface area (Å²) in [7, 11) is 0. The van der Waals surface area contributed by atoms with Crippen molar-refractivity contribution in [2.45, 2.75) is 26.2 Å². The van der Waals surface area contributed by atoms with Crippen molar-refractivity contribution in [2.24, 2.45) is 0 Å². The molecule has 6 aromatic rings. The molecule has 2 N–H and O–H groups in total. The average Bonchev–Trinajstić information content (AvgIpc) is 3.62. The zero-order valence-corrected chi connectivity index (χ0v) is 23.5. The highest BCUT2D eigenvalue weighted by atomic mass is 16.2. The van der Waals surface area contributed by atoms with E-state index in [1.165, 1.54) is 5.56 Å². The van der Waals surface area contributed by atoms with Gasteiger partial charge in [-0.2, -0.15) is 5.10 Å². The third-order valence-corrected chi connectivity index (χ3v) is 7.23. The molecule has 0 aliphatic carbocycles. The molecule has 208 valence electrons. The van der Waals surface area contributed by atoms with Gasteiger partial charge in [-0.3, -0.25) is 19.4 Å². The normalized spacial score (nSPS) is 11.1. The maximum absolute atomic E-state index is 12.8. The van der Waals surface area contributed by atoms with Gasteiger partial charge in [0.2, 0.25) is 5.91 Å². The van der Waals surface area contributed by atoms with Gasteiger partial charge in [0.25, 0.3) is 5.56 Å². The van der Waals surface area contributed by atoms with E-state index < -0.39 is 0 Å². The fourth-order valence-electron chi connectivity index (χ4n) is 4.92. The van der Waals surface area contributed by atoms with Crippen molar-refractivity contribution < 1.29 is 4.79 Å². The first kappa shape index (κ1) is 26.8. The topological polar surface area (TPSA) is 84.7 Å². The molecule has 2 aromatic heterocycles. The lowest BCUT2D eigenvalue weighted by Gasteiger charge is -2.09. The molecule has 0 spiro atoms. The molecule has 0 aliphatic rings. The van der Waals surface area contributed by atoms with Crippen molar-refractivity contribution in [2.75, 3.05) is 5.32 Å². The number of benzene rings is 4. The Balaban J connectivity index is 1.21. The first-order valence-corrected chi connectivity index (χ1v) is 14.0. The number of nitrogens with zero attached hydrogens (tertiary/aromatic N) is 3. The number of rotatable bonds is 8. The summed E-state index contributed by atoms with van der Waals surface area (Å²) in [6.07, 6.45) is 1.63. The SMILES string of the molecule is CC(C)c1ccc(-c2cc(-c3ccc(NC(=O)Cc4cn(-c5ccccc5)[nH]c4=O)cc3)nn2-c2ccccc2)cc1. The minimum absolute atomic E-state index is 0.0304. The van der Waals surface area contributed by atoms with E-state index in [1.807, 2.05) is 89.6 Å². The summed E-state index contributed by atoms with van der Waals surface area (Å²) >= 11 is 0. The van der Waals surface area contributed by atoms with Gasteiger partial charge < -0.3 is 5.32 Å². The Morgan fingerprint density at radius 2 is 1.43 bits per heavy atom. The minimum atomic E-state index is -0.284. The molecule has 0 unspecified atom stereocenters. The molecule has 0 radical (unpaired) electrons. The highest BCUT2D eigenvalue weighted by molar-refractivity contribution is 5.92. The number of nitrogens with one attached hydrogen (secondary N) is 2. The maximum atomic E-state index is 12.8. The van der Waals surface area contributed by atoms with Gasteiger partial charge in [-0.05, 0) is 53.9 Å². The van der Waals surface area contributed by atoms with E-state index in [1.54, 1.807) is 10.9 Å². The number of aromatic amines is 1. The molecule has 0 saturated carbocycles. The Morgan fingerprint density at radius 3 is 2.07 bits per heavy atom. The van der Waals surface area contributed by atoms with Gasteiger partial charge in [-0.15, -0.1) is 0 Å². The van der Waals surface area contributed by atoms with E-state index in [2.05, 4.69) is 54.6 Å². The van der Waals surface area contributed by atoms with Crippen LogP contribution >= 0.6 is 0 Å². The minimum Gasteiger partial charge on any atom is -0.326 e. The quantitative estimate of drug-likeness (QED) is 0.213. The molecule has 42 heavy (non-hydrogen) atoms. The largest absolute Gasteiger partial charge is 0.326 e. The number of hydrogen-bond acceptors (Lipinski definition) is 3. The highest BCUT2D eigenvalue weighted by Crippen LogP contribution is 2.30. The van der Waals surface area contributed by atoms with E-state index in [-0.39, 0.29) is 17.9 Å². The first-order chi connectivity index (χ1) is 20.4. The number of anilines is 1. The summed E-state index contributed by atoms with van der Waals surface area (Å²) in [6.45, 7) is 4.38. The number of carbonyl (C=O) groups excluding carboxylic acids is 1. The van der Waals surface area contributed by atoms with Crippen LogP contribution in [0.15, 0.2) is 126 Å². The number of H-pyrrole nitrogens is 1. The maximum Gasteiger partial charge on any atom is 0.268 e. The fraction of sp³-hybridized carbons (Fsp3) is 0.114. The summed E-state index contributed by atoms with van der Waals surface area (Å²) < 4.78 is 3.59. The first-order valence-electron chi connectivity index (χ1n) is 14.0. The summed E-state index contributed by atoms with van der Waals surface area (Å²) in [4.78, 5) is 25.2. The third-order valence-electron chi connectivity index (χ3n) is 7.23. The second-order valence-electron chi connectivity index (χ2n) is 10.5. The molecule has 1 amide bonds. The van der Waals surface area contributed by atoms with Gasteiger partial charge in [-0.1, -0.05) is 86.6 Å². The van der Waals surface area contributed by atoms with Crippen LogP contribution in [0.1, 0.15) is 30.9 Å². The van der Waals surface area contributed by atoms with E-state index in [0.717, 1.165) is 33.9 Å². The smallest absolute Gasteiger partial charge is 0.268 e. The standard InChI is InChI=1S/C35H31N5O2/c1-24(2)25-13-15-27(16-14-25)33-22-32(37-40(33)31-11-7-4-8-12-31)26-17-19-29(20-18-26)36-34(41)21-28-23-39(38-35(28)42)30-9-5-3-6-10-30/h3-20,22-24H,21H2,1-2H3,(H,36,41)(H,38,42). The molecule has 7 heteroatoms. The van der Waals surface area contributed by atoms with Crippen molar-refractivity contribution in [3.8, 4) is 33.9 Å². The van der Waals surface area contributed by atoms with Crippen molar-refractivity contribution >= 4 is 11.6 Å². The van der Waals surface area contributed by atoms with Crippen molar-refractivity contribution in [3.63, 3.8) is 0 Å². The van der Waals surface area contributed by atoms with Gasteiger partial charge in [-0.25, -0.2) is 4.68 Å². The van der Waals surface area contributed by atoms with Crippen molar-refractivity contribution in [1.29, 1.82) is 0 Å². The van der Waals surface area contributed by atoms with E-state index >= 15 is 0 Å². The lowest BCUT2D eigenvalue weighted by atomic mass is 10.0. The monoisotopic (exact) mass is 553 g/mol. The zero-order chi connectivity index (χ0) is 29.1. The van der Waals surface area contributed by atoms with Crippen LogP contribution in [-0.4, -0.2) is 25.5 Å². The van der Waals surface area contributed by atoms with Crippen LogP contribution in [0.5, 0.6) is 0 Å². The van der Waals surface area contributed by atoms with Crippen LogP contribution < -0.4 is 10.9 Å². The predicted octanol–water partition coefficient (Wildman–Crippen LogP) is 6.99. The Kier molecular flexibility index (Phi) is 7.39. The van der Waals surface area contributed by atoms with Gasteiger partial charge in [0.05, 0.1) is 29.2 Å². The number of carbonyl (C=O) groups is 1. The number of hydrogen-bond donors (Lipinski definition) is 2. The van der Waals surface area contributed by atoms with Gasteiger partial charge in [0.1, 0.15) is 0 Å². The van der Waals surface area contributed by atoms with E-state index in [0.29, 0.717) is 17.2 Å². The molecule has 4 aromatic carbocycles. The molecule has 0 fully saturated rings. The van der Waals surface area contributed by atoms with Crippen molar-refractivity contribution in [1.82, 2.24) is 19.6 Å². The lowest BCUT2D eigenvalue weighted by molar-refractivity contribution is -0.115. The predicted molar refractivity (Wildman–Crippen MR) is 167 cm³/mol. The van der Waals surface area contributed by atoms with E-state index in [4.69, 9.17) is 5.10 Å². The van der Waals surface area contributed by atoms with Crippen LogP contribution in [0.4, 0.5) is 5.69 Å². The summed E-state index contributed by atoms with van der Waals surface area (Å²) in [5.74, 6) is 0.197. The highest BCUT2D eigenvalue weighted by Gasteiger charge is 2.15. The molecular weight excluding hydrogens is 522 g/mol. The molecule has 6 rings (SSSR count). The Hall–Kier alpha value is -5.43. The van der Waals surface area contributed by atoms with Crippen LogP contribution in [0.3, 0.4) is 0 Å². The van der Waals surface area contributed by atoms with Gasteiger partial charge >= 0.3 is 0 Å². The number of amides is 1. The second kappa shape index (κ2) is 11.6. The molecule has 0 aliphatic heterocycles. The molecule has 0 atom stereocenters. The molecule has 7 nitrogen and oxygen atoms in total. The van der Waals surface area contributed by atoms with Gasteiger partial charge in [0, 0.05) is 28.6 Å². The number of aromatic nitrogens is 4. The van der Waals surface area contributed by atoms with Crippen molar-refractivity contribution in [3.05, 3.63) is 143 Å². The Labute approximate surface area is 244 Å². The molecule has 2 heterocycles. The van der Waals surface area contributed by atoms with Gasteiger partial charge in [0.15, 0.2) is 0 Å². The van der Waals surface area contributed by atoms with E-state index in [9.17, 15) is 9.59 Å². The molecule has 0 bridgehead atoms. The fourth-order valence-corrected chi connectivity index (χ4v) is 4.92. The average molecular weight is 554 g/mol. The lowest BCUT2D eigenvalue weighted by Crippen LogP contribution is -2.18. The van der Waals surface area contributed by atoms with Crippen LogP contribution in [0.2, 0.25) is 0 Å². The zero-order valence-electron chi connectivity index (χ0n) is 23.5. The van der Waals surface area contributed by atoms with Crippen LogP contribution in [0.25, 0.3) is 33.9 Å². The second-order valence-corrected chi connectivity index (χ2v) is 10.5. The molecule has 0 saturated heterocycles. The Bertz CT molecular complexity index is 1860. The van der Waals surface area contributed by atoms with Crippen LogP contribution in [-0.2, 0) is 11.2 Å². The number of para-hydroxylation sites is 2. The molecular formula is C35H31N5O2. The summed E-state index contributed by atoms with van der Waals surface area (Å²) in [5.41, 5.74) is 7.69. The Morgan fingerprint density at radius 1 is 0.810 bits per heavy atom.